The number of ether oxygens (including phenoxy) is 1. The fourth-order valence-electron chi connectivity index (χ4n) is 2.18. The zero-order valence-electron chi connectivity index (χ0n) is 13.9. The van der Waals surface area contributed by atoms with Gasteiger partial charge in [-0.3, -0.25) is 9.59 Å². The standard InChI is InChI=1S/C17H23F2NO4/c1-3-24-8-4-7-20(11-12(2)17(22)23)16(21)10-13-9-14(18)5-6-15(13)19/h5-6,9,12H,3-4,7-8,10-11H2,1-2H3,(H,22,23). The van der Waals surface area contributed by atoms with Gasteiger partial charge in [0.1, 0.15) is 11.6 Å². The van der Waals surface area contributed by atoms with Gasteiger partial charge in [-0.1, -0.05) is 6.92 Å². The SMILES string of the molecule is CCOCCCN(CC(C)C(=O)O)C(=O)Cc1cc(F)ccc1F. The summed E-state index contributed by atoms with van der Waals surface area (Å²) in [4.78, 5) is 24.8. The Balaban J connectivity index is 2.77. The molecule has 0 aromatic heterocycles. The van der Waals surface area contributed by atoms with Gasteiger partial charge < -0.3 is 14.7 Å². The summed E-state index contributed by atoms with van der Waals surface area (Å²) in [6.45, 7) is 4.64. The van der Waals surface area contributed by atoms with Crippen LogP contribution in [-0.2, 0) is 20.7 Å². The van der Waals surface area contributed by atoms with Crippen LogP contribution in [0.5, 0.6) is 0 Å². The lowest BCUT2D eigenvalue weighted by Crippen LogP contribution is -2.39. The van der Waals surface area contributed by atoms with Gasteiger partial charge in [0.05, 0.1) is 12.3 Å². The van der Waals surface area contributed by atoms with Crippen molar-refractivity contribution in [1.82, 2.24) is 4.90 Å². The molecule has 0 aliphatic carbocycles. The molecule has 0 saturated heterocycles. The molecule has 1 rings (SSSR count). The lowest BCUT2D eigenvalue weighted by atomic mass is 10.1. The summed E-state index contributed by atoms with van der Waals surface area (Å²) < 4.78 is 32.1. The Morgan fingerprint density at radius 1 is 1.33 bits per heavy atom. The number of halogens is 2. The van der Waals surface area contributed by atoms with Gasteiger partial charge in [0.25, 0.3) is 0 Å². The highest BCUT2D eigenvalue weighted by molar-refractivity contribution is 5.79. The number of hydrogen-bond donors (Lipinski definition) is 1. The van der Waals surface area contributed by atoms with Crippen LogP contribution in [0.15, 0.2) is 18.2 Å². The van der Waals surface area contributed by atoms with Crippen LogP contribution in [0, 0.1) is 17.6 Å². The second-order valence-electron chi connectivity index (χ2n) is 5.54. The molecule has 0 heterocycles. The first-order valence-corrected chi connectivity index (χ1v) is 7.87. The Bertz CT molecular complexity index is 566. The molecule has 5 nitrogen and oxygen atoms in total. The molecule has 0 bridgehead atoms. The number of aliphatic carboxylic acids is 1. The maximum atomic E-state index is 13.7. The van der Waals surface area contributed by atoms with Crippen molar-refractivity contribution < 1.29 is 28.2 Å². The molecule has 0 saturated carbocycles. The summed E-state index contributed by atoms with van der Waals surface area (Å²) in [5.41, 5.74) is -0.0437. The highest BCUT2D eigenvalue weighted by Crippen LogP contribution is 2.13. The Morgan fingerprint density at radius 3 is 2.67 bits per heavy atom. The first-order chi connectivity index (χ1) is 11.3. The predicted molar refractivity (Wildman–Crippen MR) is 84.6 cm³/mol. The molecule has 0 aliphatic heterocycles. The normalized spacial score (nSPS) is 12.0. The molecule has 1 unspecified atom stereocenters. The Morgan fingerprint density at radius 2 is 2.04 bits per heavy atom. The molecule has 0 aliphatic rings. The van der Waals surface area contributed by atoms with E-state index in [9.17, 15) is 18.4 Å². The second-order valence-corrected chi connectivity index (χ2v) is 5.54. The van der Waals surface area contributed by atoms with Crippen LogP contribution in [0.1, 0.15) is 25.8 Å². The topological polar surface area (TPSA) is 66.8 Å². The zero-order chi connectivity index (χ0) is 18.1. The first kappa shape index (κ1) is 20.0. The lowest BCUT2D eigenvalue weighted by Gasteiger charge is -2.25. The highest BCUT2D eigenvalue weighted by Gasteiger charge is 2.21. The average Bonchev–Trinajstić information content (AvgIpc) is 2.53. The number of rotatable bonds is 10. The van der Waals surface area contributed by atoms with E-state index in [-0.39, 0.29) is 18.5 Å². The van der Waals surface area contributed by atoms with Crippen molar-refractivity contribution in [2.45, 2.75) is 26.7 Å². The van der Waals surface area contributed by atoms with Gasteiger partial charge in [0.2, 0.25) is 5.91 Å². The Labute approximate surface area is 140 Å². The van der Waals surface area contributed by atoms with E-state index in [4.69, 9.17) is 9.84 Å². The third-order valence-electron chi connectivity index (χ3n) is 3.54. The van der Waals surface area contributed by atoms with Gasteiger partial charge in [0.15, 0.2) is 0 Å². The van der Waals surface area contributed by atoms with Crippen LogP contribution in [-0.4, -0.2) is 48.2 Å². The number of nitrogens with zero attached hydrogens (tertiary/aromatic N) is 1. The number of carbonyl (C=O) groups excluding carboxylic acids is 1. The minimum Gasteiger partial charge on any atom is -0.481 e. The Hall–Kier alpha value is -2.02. The molecule has 7 heteroatoms. The van der Waals surface area contributed by atoms with Crippen molar-refractivity contribution in [1.29, 1.82) is 0 Å². The average molecular weight is 343 g/mol. The highest BCUT2D eigenvalue weighted by atomic mass is 19.1. The third-order valence-corrected chi connectivity index (χ3v) is 3.54. The summed E-state index contributed by atoms with van der Waals surface area (Å²) in [7, 11) is 0. The minimum atomic E-state index is -1.02. The monoisotopic (exact) mass is 343 g/mol. The number of carboxylic acid groups (broad SMARTS) is 1. The van der Waals surface area contributed by atoms with E-state index in [1.807, 2.05) is 6.92 Å². The van der Waals surface area contributed by atoms with Crippen LogP contribution in [0.2, 0.25) is 0 Å². The van der Waals surface area contributed by atoms with Crippen molar-refractivity contribution in [2.24, 2.45) is 5.92 Å². The Kier molecular flexibility index (Phi) is 8.32. The largest absolute Gasteiger partial charge is 0.481 e. The molecule has 1 aromatic rings. The van der Waals surface area contributed by atoms with Gasteiger partial charge in [-0.2, -0.15) is 0 Å². The smallest absolute Gasteiger partial charge is 0.308 e. The molecule has 134 valence electrons. The van der Waals surface area contributed by atoms with Gasteiger partial charge in [-0.15, -0.1) is 0 Å². The van der Waals surface area contributed by atoms with Gasteiger partial charge in [-0.25, -0.2) is 8.78 Å². The van der Waals surface area contributed by atoms with E-state index in [2.05, 4.69) is 0 Å². The fraction of sp³-hybridized carbons (Fsp3) is 0.529. The van der Waals surface area contributed by atoms with Crippen LogP contribution in [0.3, 0.4) is 0 Å². The maximum absolute atomic E-state index is 13.7. The molecular weight excluding hydrogens is 320 g/mol. The van der Waals surface area contributed by atoms with E-state index in [1.165, 1.54) is 11.8 Å². The molecule has 1 aromatic carbocycles. The molecule has 0 radical (unpaired) electrons. The van der Waals surface area contributed by atoms with E-state index >= 15 is 0 Å². The van der Waals surface area contributed by atoms with E-state index in [1.54, 1.807) is 0 Å². The molecule has 1 N–H and O–H groups in total. The summed E-state index contributed by atoms with van der Waals surface area (Å²) in [6, 6.07) is 2.93. The number of hydrogen-bond acceptors (Lipinski definition) is 3. The minimum absolute atomic E-state index is 0.0111. The predicted octanol–water partition coefficient (Wildman–Crippen LogP) is 2.48. The maximum Gasteiger partial charge on any atom is 0.308 e. The van der Waals surface area contributed by atoms with Crippen LogP contribution in [0.4, 0.5) is 8.78 Å². The van der Waals surface area contributed by atoms with Gasteiger partial charge >= 0.3 is 5.97 Å². The third kappa shape index (κ3) is 6.62. The quantitative estimate of drug-likeness (QED) is 0.663. The summed E-state index contributed by atoms with van der Waals surface area (Å²) in [6.07, 6.45) is 0.224. The van der Waals surface area contributed by atoms with Crippen molar-refractivity contribution >= 4 is 11.9 Å². The van der Waals surface area contributed by atoms with Crippen molar-refractivity contribution in [3.63, 3.8) is 0 Å². The lowest BCUT2D eigenvalue weighted by molar-refractivity contribution is -0.143. The van der Waals surface area contributed by atoms with Crippen molar-refractivity contribution in [3.05, 3.63) is 35.4 Å². The molecule has 0 fully saturated rings. The van der Waals surface area contributed by atoms with E-state index in [0.29, 0.717) is 26.2 Å². The van der Waals surface area contributed by atoms with Crippen LogP contribution < -0.4 is 0 Å². The fourth-order valence-corrected chi connectivity index (χ4v) is 2.18. The van der Waals surface area contributed by atoms with Crippen LogP contribution in [0.25, 0.3) is 0 Å². The van der Waals surface area contributed by atoms with Gasteiger partial charge in [-0.05, 0) is 31.5 Å². The zero-order valence-corrected chi connectivity index (χ0v) is 13.9. The molecule has 1 atom stereocenters. The molecule has 0 spiro atoms. The van der Waals surface area contributed by atoms with Gasteiger partial charge in [0, 0.05) is 31.9 Å². The van der Waals surface area contributed by atoms with E-state index < -0.39 is 29.4 Å². The molecular formula is C17H23F2NO4. The van der Waals surface area contributed by atoms with Crippen molar-refractivity contribution in [2.75, 3.05) is 26.3 Å². The molecule has 24 heavy (non-hydrogen) atoms. The summed E-state index contributed by atoms with van der Waals surface area (Å²) >= 11 is 0. The number of amides is 1. The number of carbonyl (C=O) groups is 2. The summed E-state index contributed by atoms with van der Waals surface area (Å²) in [5.74, 6) is -3.50. The first-order valence-electron chi connectivity index (χ1n) is 7.87. The summed E-state index contributed by atoms with van der Waals surface area (Å²) in [5, 5.41) is 9.02. The molecule has 1 amide bonds. The van der Waals surface area contributed by atoms with Crippen molar-refractivity contribution in [3.8, 4) is 0 Å². The van der Waals surface area contributed by atoms with E-state index in [0.717, 1.165) is 18.2 Å². The number of benzene rings is 1. The second kappa shape index (κ2) is 9.97. The number of carboxylic acids is 1. The van der Waals surface area contributed by atoms with Crippen LogP contribution >= 0.6 is 0 Å².